The van der Waals surface area contributed by atoms with Crippen LogP contribution >= 0.6 is 27.5 Å². The Hall–Kier alpha value is -2.16. The summed E-state index contributed by atoms with van der Waals surface area (Å²) in [4.78, 5) is 21.6. The number of nitrogens with zero attached hydrogens (tertiary/aromatic N) is 2. The zero-order valence-electron chi connectivity index (χ0n) is 16.0. The normalized spacial score (nSPS) is 16.0. The third-order valence-electron chi connectivity index (χ3n) is 4.37. The summed E-state index contributed by atoms with van der Waals surface area (Å²) in [6.45, 7) is 2.23. The van der Waals surface area contributed by atoms with Crippen molar-refractivity contribution < 1.29 is 14.0 Å². The molecule has 0 radical (unpaired) electrons. The maximum Gasteiger partial charge on any atom is 0.269 e. The lowest BCUT2D eigenvalue weighted by Crippen LogP contribution is -2.31. The summed E-state index contributed by atoms with van der Waals surface area (Å²) in [6, 6.07) is 5.11. The molecule has 1 aliphatic rings. The number of nitrogens with one attached hydrogen (secondary N) is 2. The van der Waals surface area contributed by atoms with E-state index in [1.54, 1.807) is 42.8 Å². The molecule has 154 valence electrons. The first-order valence-electron chi connectivity index (χ1n) is 9.08. The van der Waals surface area contributed by atoms with E-state index in [2.05, 4.69) is 31.7 Å². The van der Waals surface area contributed by atoms with Gasteiger partial charge in [0.2, 0.25) is 0 Å². The van der Waals surface area contributed by atoms with E-state index >= 15 is 4.39 Å². The molecule has 1 fully saturated rings. The summed E-state index contributed by atoms with van der Waals surface area (Å²) < 4.78 is 17.9. The second-order valence-electron chi connectivity index (χ2n) is 6.72. The molecule has 29 heavy (non-hydrogen) atoms. The Labute approximate surface area is 181 Å². The number of imidazole rings is 1. The number of anilines is 1. The van der Waals surface area contributed by atoms with Crippen molar-refractivity contribution >= 4 is 51.0 Å². The lowest BCUT2D eigenvalue weighted by atomic mass is 10.2. The molecule has 0 aliphatic heterocycles. The smallest absolute Gasteiger partial charge is 0.269 e. The Bertz CT molecular complexity index is 1060. The fraction of sp³-hybridized carbons (Fsp3) is 0.300. The molecule has 0 unspecified atom stereocenters. The number of allylic oxidation sites excluding steroid dienone is 1. The Morgan fingerprint density at radius 2 is 2.24 bits per heavy atom. The molecular formula is C20H21BrClFN4O2. The van der Waals surface area contributed by atoms with Gasteiger partial charge in [-0.05, 0) is 43.9 Å². The first-order valence-corrected chi connectivity index (χ1v) is 10.3. The quantitative estimate of drug-likeness (QED) is 0.469. The van der Waals surface area contributed by atoms with E-state index in [9.17, 15) is 4.79 Å². The monoisotopic (exact) mass is 482 g/mol. The summed E-state index contributed by atoms with van der Waals surface area (Å²) in [5.74, 6) is -0.789. The van der Waals surface area contributed by atoms with Crippen LogP contribution in [-0.2, 0) is 16.7 Å². The largest absolute Gasteiger partial charge is 0.352 e. The number of hydroxylamine groups is 1. The topological polar surface area (TPSA) is 68.2 Å². The Morgan fingerprint density at radius 1 is 1.48 bits per heavy atom. The number of benzene rings is 1. The lowest BCUT2D eigenvalue weighted by molar-refractivity contribution is -0.128. The van der Waals surface area contributed by atoms with E-state index in [0.717, 1.165) is 23.4 Å². The summed E-state index contributed by atoms with van der Waals surface area (Å²) in [5.41, 5.74) is 2.69. The average Bonchev–Trinajstić information content (AvgIpc) is 3.42. The summed E-state index contributed by atoms with van der Waals surface area (Å²) in [5, 5.41) is 3.96. The van der Waals surface area contributed by atoms with Crippen LogP contribution in [0.1, 0.15) is 19.8 Å². The average molecular weight is 484 g/mol. The molecule has 3 rings (SSSR count). The van der Waals surface area contributed by atoms with Crippen LogP contribution in [0.5, 0.6) is 0 Å². The summed E-state index contributed by atoms with van der Waals surface area (Å²) in [7, 11) is 1.76. The predicted molar refractivity (Wildman–Crippen MR) is 115 cm³/mol. The second-order valence-corrected chi connectivity index (χ2v) is 8.04. The molecule has 1 aliphatic carbocycles. The molecule has 9 heteroatoms. The van der Waals surface area contributed by atoms with Crippen LogP contribution in [0.4, 0.5) is 10.1 Å². The molecule has 2 N–H and O–H groups in total. The van der Waals surface area contributed by atoms with Crippen molar-refractivity contribution in [1.82, 2.24) is 15.0 Å². The summed E-state index contributed by atoms with van der Waals surface area (Å²) in [6.07, 6.45) is 6.53. The number of carbonyl (C=O) groups excluding carboxylic acids is 1. The molecule has 0 atom stereocenters. The first kappa shape index (κ1) is 21.5. The molecule has 0 spiro atoms. The van der Waals surface area contributed by atoms with Gasteiger partial charge in [-0.25, -0.2) is 14.9 Å². The minimum atomic E-state index is -0.685. The standard InChI is InChI=1S/C20H21BrClFN4O2/c1-3-17-20(24-11-27(17)2)19(23)16(9-18(28)26-29-10-12-4-5-12)25-15-7-6-13(21)8-14(15)22/h3,6-9,11-12,25H,4-5,10H2,1-2H3,(H,26,28)/b16-9-,17-3+,20-19-. The fourth-order valence-corrected chi connectivity index (χ4v) is 3.36. The van der Waals surface area contributed by atoms with Gasteiger partial charge >= 0.3 is 0 Å². The maximum absolute atomic E-state index is 15.4. The first-order chi connectivity index (χ1) is 13.9. The predicted octanol–water partition coefficient (Wildman–Crippen LogP) is 3.17. The fourth-order valence-electron chi connectivity index (χ4n) is 2.64. The third kappa shape index (κ3) is 5.68. The van der Waals surface area contributed by atoms with Crippen molar-refractivity contribution in [3.8, 4) is 0 Å². The maximum atomic E-state index is 15.4. The molecule has 2 aromatic rings. The number of carbonyl (C=O) groups is 1. The molecule has 0 bridgehead atoms. The minimum absolute atomic E-state index is 0.0801. The Balaban J connectivity index is 1.95. The second kappa shape index (κ2) is 9.56. The van der Waals surface area contributed by atoms with E-state index in [-0.39, 0.29) is 11.0 Å². The van der Waals surface area contributed by atoms with E-state index in [4.69, 9.17) is 16.4 Å². The van der Waals surface area contributed by atoms with Crippen molar-refractivity contribution in [2.24, 2.45) is 13.0 Å². The number of hydrogen-bond acceptors (Lipinski definition) is 4. The molecule has 6 nitrogen and oxygen atoms in total. The van der Waals surface area contributed by atoms with Gasteiger partial charge in [-0.3, -0.25) is 9.63 Å². The van der Waals surface area contributed by atoms with Crippen LogP contribution in [-0.4, -0.2) is 22.1 Å². The number of hydrogen-bond donors (Lipinski definition) is 2. The zero-order chi connectivity index (χ0) is 21.0. The Kier molecular flexibility index (Phi) is 7.10. The van der Waals surface area contributed by atoms with Crippen molar-refractivity contribution in [1.29, 1.82) is 0 Å². The number of halogens is 3. The van der Waals surface area contributed by atoms with E-state index in [1.165, 1.54) is 6.33 Å². The van der Waals surface area contributed by atoms with Gasteiger partial charge in [0.1, 0.15) is 5.35 Å². The van der Waals surface area contributed by atoms with Crippen LogP contribution in [0, 0.1) is 5.92 Å². The van der Waals surface area contributed by atoms with Gasteiger partial charge < -0.3 is 9.88 Å². The third-order valence-corrected chi connectivity index (χ3v) is 5.17. The van der Waals surface area contributed by atoms with E-state index < -0.39 is 11.7 Å². The van der Waals surface area contributed by atoms with Crippen LogP contribution < -0.4 is 21.5 Å². The zero-order valence-corrected chi connectivity index (χ0v) is 18.3. The highest BCUT2D eigenvalue weighted by Gasteiger charge is 2.22. The van der Waals surface area contributed by atoms with Gasteiger partial charge in [0.15, 0.2) is 5.83 Å². The lowest BCUT2D eigenvalue weighted by Gasteiger charge is -2.11. The Morgan fingerprint density at radius 3 is 2.90 bits per heavy atom. The van der Waals surface area contributed by atoms with Crippen molar-refractivity contribution in [2.45, 2.75) is 19.8 Å². The van der Waals surface area contributed by atoms with Crippen molar-refractivity contribution in [3.05, 3.63) is 56.5 Å². The van der Waals surface area contributed by atoms with Crippen molar-refractivity contribution in [2.75, 3.05) is 11.9 Å². The molecule has 1 aromatic carbocycles. The number of aryl methyl sites for hydroxylation is 1. The SMILES string of the molecule is C\C=c1/c(=C(F)\C(=C\C(=O)NOCC2CC2)Nc2ccc(Br)cc2Cl)ncn1C. The van der Waals surface area contributed by atoms with Gasteiger partial charge in [-0.15, -0.1) is 0 Å². The highest BCUT2D eigenvalue weighted by Crippen LogP contribution is 2.29. The van der Waals surface area contributed by atoms with Crippen LogP contribution in [0.3, 0.4) is 0 Å². The number of amides is 1. The van der Waals surface area contributed by atoms with Crippen molar-refractivity contribution in [3.63, 3.8) is 0 Å². The van der Waals surface area contributed by atoms with Crippen LogP contribution in [0.15, 0.2) is 40.8 Å². The van der Waals surface area contributed by atoms with Gasteiger partial charge in [0, 0.05) is 17.6 Å². The minimum Gasteiger partial charge on any atom is -0.352 e. The molecule has 1 aromatic heterocycles. The molecule has 1 saturated carbocycles. The van der Waals surface area contributed by atoms with Gasteiger partial charge in [0.25, 0.3) is 5.91 Å². The van der Waals surface area contributed by atoms with E-state index in [0.29, 0.717) is 28.6 Å². The molecular weight excluding hydrogens is 463 g/mol. The molecule has 0 saturated heterocycles. The number of rotatable bonds is 7. The summed E-state index contributed by atoms with van der Waals surface area (Å²) >= 11 is 9.58. The van der Waals surface area contributed by atoms with Gasteiger partial charge in [-0.1, -0.05) is 33.6 Å². The highest BCUT2D eigenvalue weighted by molar-refractivity contribution is 9.10. The van der Waals surface area contributed by atoms with Crippen LogP contribution in [0.25, 0.3) is 11.9 Å². The molecule has 1 heterocycles. The van der Waals surface area contributed by atoms with Gasteiger partial charge in [-0.2, -0.15) is 0 Å². The van der Waals surface area contributed by atoms with Crippen LogP contribution in [0.2, 0.25) is 5.02 Å². The van der Waals surface area contributed by atoms with Gasteiger partial charge in [0.05, 0.1) is 34.7 Å². The highest BCUT2D eigenvalue weighted by atomic mass is 79.9. The molecule has 1 amide bonds. The number of aromatic nitrogens is 2. The van der Waals surface area contributed by atoms with E-state index in [1.807, 2.05) is 0 Å².